The van der Waals surface area contributed by atoms with Gasteiger partial charge in [0.25, 0.3) is 11.1 Å². The molecule has 2 aromatic rings. The zero-order chi connectivity index (χ0) is 20.5. The highest BCUT2D eigenvalue weighted by atomic mass is 32.2. The molecule has 8 heteroatoms. The monoisotopic (exact) mass is 394 g/mol. The fraction of sp³-hybridized carbons (Fsp3) is 0.150. The second-order valence-electron chi connectivity index (χ2n) is 5.51. The van der Waals surface area contributed by atoms with E-state index in [-0.39, 0.29) is 12.3 Å². The number of hydrogen-bond acceptors (Lipinski definition) is 5. The van der Waals surface area contributed by atoms with Crippen molar-refractivity contribution in [1.29, 1.82) is 0 Å². The third-order valence-corrected chi connectivity index (χ3v) is 4.46. The molecule has 1 saturated heterocycles. The summed E-state index contributed by atoms with van der Waals surface area (Å²) in [6, 6.07) is 14.4. The van der Waals surface area contributed by atoms with E-state index in [0.29, 0.717) is 27.5 Å². The van der Waals surface area contributed by atoms with Gasteiger partial charge in [0.15, 0.2) is 0 Å². The zero-order valence-corrected chi connectivity index (χ0v) is 16.3. The predicted molar refractivity (Wildman–Crippen MR) is 112 cm³/mol. The number of para-hydroxylation sites is 1. The summed E-state index contributed by atoms with van der Waals surface area (Å²) in [4.78, 5) is 35.6. The molecule has 0 bridgehead atoms. The third kappa shape index (κ3) is 5.75. The van der Waals surface area contributed by atoms with Crippen LogP contribution in [-0.2, 0) is 16.0 Å². The predicted octanol–water partition coefficient (Wildman–Crippen LogP) is 3.40. The fourth-order valence-electron chi connectivity index (χ4n) is 2.50. The lowest BCUT2D eigenvalue weighted by atomic mass is 10.1. The Kier molecular flexibility index (Phi) is 7.89. The highest BCUT2D eigenvalue weighted by Crippen LogP contribution is 2.28. The molecule has 0 aliphatic carbocycles. The van der Waals surface area contributed by atoms with E-state index in [9.17, 15) is 14.4 Å². The van der Waals surface area contributed by atoms with Crippen molar-refractivity contribution in [2.75, 3.05) is 12.4 Å². The molecule has 1 aliphatic rings. The molecule has 1 fully saturated rings. The number of anilines is 1. The third-order valence-electron chi connectivity index (χ3n) is 3.65. The van der Waals surface area contributed by atoms with Gasteiger partial charge in [0, 0.05) is 11.3 Å². The number of rotatable bonds is 5. The molecule has 2 radical (unpaired) electrons. The minimum atomic E-state index is -0.417. The highest BCUT2D eigenvalue weighted by molar-refractivity contribution is 8.18. The number of ether oxygens (including phenoxy) is 1. The number of carbonyl (C=O) groups excluding carboxylic acids is 3. The number of nitrogens with one attached hydrogen (secondary N) is 2. The minimum absolute atomic E-state index is 0.118. The molecule has 3 rings (SSSR count). The molecule has 0 atom stereocenters. The SMILES string of the molecule is COc1ccc(C=C2SC(=O)NC2=O)cc1CC(=O)Nc1ccccc1.[B]C. The van der Waals surface area contributed by atoms with E-state index in [4.69, 9.17) is 4.74 Å². The van der Waals surface area contributed by atoms with E-state index < -0.39 is 11.1 Å². The van der Waals surface area contributed by atoms with Crippen LogP contribution >= 0.6 is 11.8 Å². The summed E-state index contributed by atoms with van der Waals surface area (Å²) in [7, 11) is 6.03. The Labute approximate surface area is 169 Å². The number of carbonyl (C=O) groups is 3. The van der Waals surface area contributed by atoms with E-state index in [1.807, 2.05) is 30.3 Å². The molecule has 3 amide bonds. The van der Waals surface area contributed by atoms with Gasteiger partial charge >= 0.3 is 0 Å². The maximum atomic E-state index is 12.3. The second kappa shape index (κ2) is 10.4. The number of imide groups is 1. The van der Waals surface area contributed by atoms with Gasteiger partial charge in [-0.1, -0.05) is 31.1 Å². The van der Waals surface area contributed by atoms with Crippen LogP contribution in [0.5, 0.6) is 5.75 Å². The Balaban J connectivity index is 0.00000136. The van der Waals surface area contributed by atoms with Crippen molar-refractivity contribution >= 4 is 48.4 Å². The number of hydrogen-bond donors (Lipinski definition) is 2. The normalized spacial score (nSPS) is 14.1. The Hall–Kier alpha value is -3.00. The molecule has 0 aromatic heterocycles. The van der Waals surface area contributed by atoms with Crippen LogP contribution in [-0.4, -0.2) is 32.0 Å². The summed E-state index contributed by atoms with van der Waals surface area (Å²) < 4.78 is 5.32. The van der Waals surface area contributed by atoms with E-state index in [2.05, 4.69) is 18.5 Å². The molecule has 1 aliphatic heterocycles. The molecule has 142 valence electrons. The topological polar surface area (TPSA) is 84.5 Å². The number of thioether (sulfide) groups is 1. The molecular weight excluding hydrogens is 375 g/mol. The highest BCUT2D eigenvalue weighted by Gasteiger charge is 2.25. The van der Waals surface area contributed by atoms with Crippen LogP contribution in [0, 0.1) is 0 Å². The smallest absolute Gasteiger partial charge is 0.290 e. The molecule has 1 heterocycles. The van der Waals surface area contributed by atoms with Crippen LogP contribution in [0.1, 0.15) is 11.1 Å². The van der Waals surface area contributed by atoms with Gasteiger partial charge in [0.1, 0.15) is 5.75 Å². The minimum Gasteiger partial charge on any atom is -0.496 e. The van der Waals surface area contributed by atoms with Crippen molar-refractivity contribution in [3.05, 3.63) is 64.6 Å². The second-order valence-corrected chi connectivity index (χ2v) is 6.53. The number of methoxy groups -OCH3 is 1. The molecule has 2 N–H and O–H groups in total. The first-order chi connectivity index (χ1) is 13.5. The van der Waals surface area contributed by atoms with E-state index in [1.165, 1.54) is 13.9 Å². The summed E-state index contributed by atoms with van der Waals surface area (Å²) >= 11 is 0.851. The lowest BCUT2D eigenvalue weighted by Gasteiger charge is -2.10. The first-order valence-electron chi connectivity index (χ1n) is 8.39. The van der Waals surface area contributed by atoms with E-state index in [1.54, 1.807) is 24.3 Å². The van der Waals surface area contributed by atoms with Gasteiger partial charge in [-0.3, -0.25) is 19.7 Å². The van der Waals surface area contributed by atoms with Crippen LogP contribution in [0.4, 0.5) is 10.5 Å². The quantitative estimate of drug-likeness (QED) is 0.600. The van der Waals surface area contributed by atoms with Crippen LogP contribution in [0.2, 0.25) is 6.82 Å². The van der Waals surface area contributed by atoms with Crippen LogP contribution in [0.25, 0.3) is 6.08 Å². The molecule has 28 heavy (non-hydrogen) atoms. The summed E-state index contributed by atoms with van der Waals surface area (Å²) in [6.45, 7) is 1.50. The largest absolute Gasteiger partial charge is 0.496 e. The number of amides is 3. The standard InChI is InChI=1S/C19H16N2O4S.CH3B/c1-25-15-8-7-12(10-16-18(23)21-19(24)26-16)9-13(15)11-17(22)20-14-5-3-2-4-6-14;1-2/h2-10H,11H2,1H3,(H,20,22)(H,21,23,24);1H3. The average molecular weight is 394 g/mol. The van der Waals surface area contributed by atoms with Crippen LogP contribution in [0.3, 0.4) is 0 Å². The molecule has 2 aromatic carbocycles. The van der Waals surface area contributed by atoms with Gasteiger partial charge in [-0.2, -0.15) is 0 Å². The zero-order valence-electron chi connectivity index (χ0n) is 15.5. The number of benzene rings is 2. The first kappa shape index (κ1) is 21.3. The molecular formula is C20H19BN2O4S. The van der Waals surface area contributed by atoms with Gasteiger partial charge in [0.05, 0.1) is 26.3 Å². The molecule has 6 nitrogen and oxygen atoms in total. The summed E-state index contributed by atoms with van der Waals surface area (Å²) in [5, 5.41) is 4.64. The Morgan fingerprint density at radius 2 is 1.89 bits per heavy atom. The maximum Gasteiger partial charge on any atom is 0.290 e. The van der Waals surface area contributed by atoms with Gasteiger partial charge in [-0.25, -0.2) is 0 Å². The van der Waals surface area contributed by atoms with Crippen molar-refractivity contribution in [3.63, 3.8) is 0 Å². The van der Waals surface area contributed by atoms with Crippen molar-refractivity contribution in [2.24, 2.45) is 0 Å². The summed E-state index contributed by atoms with van der Waals surface area (Å²) in [5.74, 6) is -0.0170. The van der Waals surface area contributed by atoms with Crippen LogP contribution < -0.4 is 15.4 Å². The Morgan fingerprint density at radius 3 is 2.50 bits per heavy atom. The van der Waals surface area contributed by atoms with Gasteiger partial charge in [-0.05, 0) is 47.7 Å². The summed E-state index contributed by atoms with van der Waals surface area (Å²) in [5.41, 5.74) is 2.11. The summed E-state index contributed by atoms with van der Waals surface area (Å²) in [6.07, 6.45) is 1.73. The van der Waals surface area contributed by atoms with Crippen LogP contribution in [0.15, 0.2) is 53.4 Å². The fourth-order valence-corrected chi connectivity index (χ4v) is 3.18. The molecule has 0 saturated carbocycles. The maximum absolute atomic E-state index is 12.3. The Morgan fingerprint density at radius 1 is 1.18 bits per heavy atom. The first-order valence-corrected chi connectivity index (χ1v) is 9.21. The van der Waals surface area contributed by atoms with Crippen molar-refractivity contribution in [1.82, 2.24) is 5.32 Å². The Bertz CT molecular complexity index is 900. The lowest BCUT2D eigenvalue weighted by Crippen LogP contribution is -2.17. The van der Waals surface area contributed by atoms with Crippen molar-refractivity contribution in [3.8, 4) is 5.75 Å². The van der Waals surface area contributed by atoms with Crippen molar-refractivity contribution in [2.45, 2.75) is 13.2 Å². The molecule has 0 spiro atoms. The van der Waals surface area contributed by atoms with Gasteiger partial charge < -0.3 is 10.1 Å². The molecule has 0 unspecified atom stereocenters. The lowest BCUT2D eigenvalue weighted by molar-refractivity contribution is -0.116. The van der Waals surface area contributed by atoms with Crippen molar-refractivity contribution < 1.29 is 19.1 Å². The van der Waals surface area contributed by atoms with E-state index in [0.717, 1.165) is 11.8 Å². The van der Waals surface area contributed by atoms with Gasteiger partial charge in [0.2, 0.25) is 5.91 Å². The average Bonchev–Trinajstić information content (AvgIpc) is 3.01. The van der Waals surface area contributed by atoms with Gasteiger partial charge in [-0.15, -0.1) is 0 Å². The van der Waals surface area contributed by atoms with E-state index >= 15 is 0 Å².